The van der Waals surface area contributed by atoms with Gasteiger partial charge in [0.15, 0.2) is 0 Å². The zero-order valence-electron chi connectivity index (χ0n) is 11.8. The average molecular weight is 272 g/mol. The average Bonchev–Trinajstić information content (AvgIpc) is 2.49. The Kier molecular flexibility index (Phi) is 5.10. The molecule has 0 saturated heterocycles. The van der Waals surface area contributed by atoms with Crippen LogP contribution in [0.25, 0.3) is 6.08 Å². The molecular formula is C17H20O3. The van der Waals surface area contributed by atoms with Crippen molar-refractivity contribution in [2.45, 2.75) is 32.1 Å². The zero-order valence-corrected chi connectivity index (χ0v) is 11.8. The van der Waals surface area contributed by atoms with E-state index in [0.29, 0.717) is 11.3 Å². The molecule has 3 nitrogen and oxygen atoms in total. The van der Waals surface area contributed by atoms with Crippen LogP contribution < -0.4 is 0 Å². The molecule has 0 aliphatic heterocycles. The minimum atomic E-state index is -0.326. The summed E-state index contributed by atoms with van der Waals surface area (Å²) in [6.07, 6.45) is 8.85. The molecule has 0 amide bonds. The normalized spacial score (nSPS) is 19.2. The van der Waals surface area contributed by atoms with E-state index in [9.17, 15) is 9.59 Å². The number of hydrogen-bond donors (Lipinski definition) is 0. The van der Waals surface area contributed by atoms with Gasteiger partial charge in [0.2, 0.25) is 0 Å². The van der Waals surface area contributed by atoms with Crippen LogP contribution >= 0.6 is 0 Å². The van der Waals surface area contributed by atoms with Gasteiger partial charge in [-0.05, 0) is 37.0 Å². The van der Waals surface area contributed by atoms with Crippen LogP contribution in [0, 0.1) is 5.92 Å². The minimum Gasteiger partial charge on any atom is -0.465 e. The summed E-state index contributed by atoms with van der Waals surface area (Å²) in [6, 6.07) is 7.26. The highest BCUT2D eigenvalue weighted by Crippen LogP contribution is 2.24. The van der Waals surface area contributed by atoms with Crippen LogP contribution in [0.2, 0.25) is 0 Å². The third-order valence-corrected chi connectivity index (χ3v) is 3.74. The van der Waals surface area contributed by atoms with Gasteiger partial charge in [-0.2, -0.15) is 0 Å². The third-order valence-electron chi connectivity index (χ3n) is 3.74. The molecule has 1 aliphatic rings. The summed E-state index contributed by atoms with van der Waals surface area (Å²) in [6.45, 7) is 0. The van der Waals surface area contributed by atoms with E-state index in [2.05, 4.69) is 10.8 Å². The number of benzene rings is 1. The van der Waals surface area contributed by atoms with Crippen molar-refractivity contribution in [3.05, 3.63) is 41.5 Å². The molecule has 20 heavy (non-hydrogen) atoms. The SMILES string of the molecule is COC(=O)c1ccc(/C=C/CC2CCCCC2=O)cc1. The molecule has 1 saturated carbocycles. The third kappa shape index (κ3) is 3.80. The number of ether oxygens (including phenoxy) is 1. The Labute approximate surface area is 119 Å². The fourth-order valence-corrected chi connectivity index (χ4v) is 2.52. The van der Waals surface area contributed by atoms with Crippen molar-refractivity contribution in [2.24, 2.45) is 5.92 Å². The Morgan fingerprint density at radius 1 is 1.30 bits per heavy atom. The van der Waals surface area contributed by atoms with E-state index in [1.54, 1.807) is 12.1 Å². The number of carbonyl (C=O) groups excluding carboxylic acids is 2. The maximum Gasteiger partial charge on any atom is 0.337 e. The smallest absolute Gasteiger partial charge is 0.337 e. The number of Topliss-reactive ketones (excluding diaryl/α,β-unsaturated/α-hetero) is 1. The van der Waals surface area contributed by atoms with Crippen molar-refractivity contribution in [1.82, 2.24) is 0 Å². The molecule has 2 rings (SSSR count). The van der Waals surface area contributed by atoms with E-state index in [1.807, 2.05) is 18.2 Å². The second kappa shape index (κ2) is 7.04. The molecule has 1 aromatic carbocycles. The molecule has 1 fully saturated rings. The Hall–Kier alpha value is -1.90. The highest BCUT2D eigenvalue weighted by Gasteiger charge is 2.20. The summed E-state index contributed by atoms with van der Waals surface area (Å²) in [4.78, 5) is 23.0. The Bertz CT molecular complexity index is 499. The molecule has 1 aliphatic carbocycles. The predicted octanol–water partition coefficient (Wildman–Crippen LogP) is 3.64. The van der Waals surface area contributed by atoms with Gasteiger partial charge < -0.3 is 4.74 Å². The summed E-state index contributed by atoms with van der Waals surface area (Å²) in [5.74, 6) is 0.282. The molecule has 0 heterocycles. The number of methoxy groups -OCH3 is 1. The highest BCUT2D eigenvalue weighted by molar-refractivity contribution is 5.89. The first-order valence-corrected chi connectivity index (χ1v) is 7.08. The number of allylic oxidation sites excluding steroid dienone is 1. The summed E-state index contributed by atoms with van der Waals surface area (Å²) in [7, 11) is 1.37. The second-order valence-electron chi connectivity index (χ2n) is 5.16. The van der Waals surface area contributed by atoms with Gasteiger partial charge in [-0.25, -0.2) is 4.79 Å². The zero-order chi connectivity index (χ0) is 14.4. The lowest BCUT2D eigenvalue weighted by Crippen LogP contribution is -2.17. The lowest BCUT2D eigenvalue weighted by molar-refractivity contribution is -0.124. The minimum absolute atomic E-state index is 0.203. The summed E-state index contributed by atoms with van der Waals surface area (Å²) < 4.78 is 4.65. The maximum atomic E-state index is 11.7. The number of ketones is 1. The van der Waals surface area contributed by atoms with Gasteiger partial charge in [0.25, 0.3) is 0 Å². The van der Waals surface area contributed by atoms with Crippen molar-refractivity contribution < 1.29 is 14.3 Å². The monoisotopic (exact) mass is 272 g/mol. The topological polar surface area (TPSA) is 43.4 Å². The van der Waals surface area contributed by atoms with Crippen LogP contribution in [0.15, 0.2) is 30.3 Å². The van der Waals surface area contributed by atoms with E-state index >= 15 is 0 Å². The molecule has 3 heteroatoms. The Balaban J connectivity index is 1.91. The first-order chi connectivity index (χ1) is 9.70. The molecule has 0 spiro atoms. The Morgan fingerprint density at radius 2 is 2.05 bits per heavy atom. The van der Waals surface area contributed by atoms with Crippen LogP contribution in [0.1, 0.15) is 48.0 Å². The largest absolute Gasteiger partial charge is 0.465 e. The predicted molar refractivity (Wildman–Crippen MR) is 78.4 cm³/mol. The van der Waals surface area contributed by atoms with Crippen molar-refractivity contribution >= 4 is 17.8 Å². The first kappa shape index (κ1) is 14.5. The standard InChI is InChI=1S/C17H20O3/c1-20-17(19)15-11-9-13(10-12-15)5-4-7-14-6-2-3-8-16(14)18/h4-5,9-12,14H,2-3,6-8H2,1H3/b5-4+. The van der Waals surface area contributed by atoms with E-state index < -0.39 is 0 Å². The lowest BCUT2D eigenvalue weighted by atomic mass is 9.85. The van der Waals surface area contributed by atoms with E-state index in [-0.39, 0.29) is 11.9 Å². The number of rotatable bonds is 4. The van der Waals surface area contributed by atoms with E-state index in [4.69, 9.17) is 0 Å². The van der Waals surface area contributed by atoms with Gasteiger partial charge in [0.05, 0.1) is 12.7 Å². The van der Waals surface area contributed by atoms with Crippen LogP contribution in [0.3, 0.4) is 0 Å². The van der Waals surface area contributed by atoms with Gasteiger partial charge >= 0.3 is 5.97 Å². The Morgan fingerprint density at radius 3 is 2.70 bits per heavy atom. The molecule has 0 N–H and O–H groups in total. The summed E-state index contributed by atoms with van der Waals surface area (Å²) in [5, 5.41) is 0. The van der Waals surface area contributed by atoms with E-state index in [0.717, 1.165) is 37.7 Å². The van der Waals surface area contributed by atoms with Gasteiger partial charge in [-0.3, -0.25) is 4.79 Å². The van der Waals surface area contributed by atoms with Crippen molar-refractivity contribution in [3.63, 3.8) is 0 Å². The number of esters is 1. The molecule has 0 aromatic heterocycles. The highest BCUT2D eigenvalue weighted by atomic mass is 16.5. The summed E-state index contributed by atoms with van der Waals surface area (Å²) in [5.41, 5.74) is 1.58. The van der Waals surface area contributed by atoms with Gasteiger partial charge in [-0.15, -0.1) is 0 Å². The molecule has 1 unspecified atom stereocenters. The van der Waals surface area contributed by atoms with Gasteiger partial charge in [0, 0.05) is 12.3 Å². The fraction of sp³-hybridized carbons (Fsp3) is 0.412. The van der Waals surface area contributed by atoms with Crippen LogP contribution in [-0.2, 0) is 9.53 Å². The summed E-state index contributed by atoms with van der Waals surface area (Å²) >= 11 is 0. The lowest BCUT2D eigenvalue weighted by Gasteiger charge is -2.18. The van der Waals surface area contributed by atoms with Crippen LogP contribution in [0.4, 0.5) is 0 Å². The van der Waals surface area contributed by atoms with Crippen molar-refractivity contribution in [3.8, 4) is 0 Å². The molecule has 1 aromatic rings. The van der Waals surface area contributed by atoms with Gasteiger partial charge in [-0.1, -0.05) is 30.7 Å². The molecular weight excluding hydrogens is 252 g/mol. The first-order valence-electron chi connectivity index (χ1n) is 7.08. The van der Waals surface area contributed by atoms with Crippen molar-refractivity contribution in [2.75, 3.05) is 7.11 Å². The quantitative estimate of drug-likeness (QED) is 0.786. The van der Waals surface area contributed by atoms with Gasteiger partial charge in [0.1, 0.15) is 5.78 Å². The molecule has 106 valence electrons. The molecule has 0 bridgehead atoms. The number of hydrogen-bond acceptors (Lipinski definition) is 3. The van der Waals surface area contributed by atoms with Crippen molar-refractivity contribution in [1.29, 1.82) is 0 Å². The van der Waals surface area contributed by atoms with E-state index in [1.165, 1.54) is 7.11 Å². The molecule has 0 radical (unpaired) electrons. The number of carbonyl (C=O) groups is 2. The van der Waals surface area contributed by atoms with Crippen LogP contribution in [-0.4, -0.2) is 18.9 Å². The maximum absolute atomic E-state index is 11.7. The van der Waals surface area contributed by atoms with Crippen LogP contribution in [0.5, 0.6) is 0 Å². The second-order valence-corrected chi connectivity index (χ2v) is 5.16. The molecule has 1 atom stereocenters. The fourth-order valence-electron chi connectivity index (χ4n) is 2.52.